The summed E-state index contributed by atoms with van der Waals surface area (Å²) in [4.78, 5) is 31.0. The Morgan fingerprint density at radius 1 is 1.34 bits per heavy atom. The number of rotatable bonds is 4. The average Bonchev–Trinajstić information content (AvgIpc) is 3.26. The van der Waals surface area contributed by atoms with E-state index in [1.54, 1.807) is 12.3 Å². The molecule has 2 fully saturated rings. The number of hydrogen-bond acceptors (Lipinski definition) is 7. The third-order valence-corrected chi connectivity index (χ3v) is 5.96. The highest BCUT2D eigenvalue weighted by Gasteiger charge is 2.29. The Morgan fingerprint density at radius 3 is 3.03 bits per heavy atom. The first-order chi connectivity index (χ1) is 14.2. The lowest BCUT2D eigenvalue weighted by Gasteiger charge is -2.23. The van der Waals surface area contributed by atoms with E-state index in [9.17, 15) is 9.59 Å². The summed E-state index contributed by atoms with van der Waals surface area (Å²) >= 11 is 1.53. The number of benzene rings is 1. The van der Waals surface area contributed by atoms with Gasteiger partial charge < -0.3 is 19.7 Å². The second-order valence-electron chi connectivity index (χ2n) is 6.76. The maximum absolute atomic E-state index is 12.8. The molecule has 0 radical (unpaired) electrons. The number of nitrogens with zero attached hydrogens (tertiary/aromatic N) is 3. The average molecular weight is 412 g/mol. The molecule has 2 amide bonds. The Labute approximate surface area is 172 Å². The van der Waals surface area contributed by atoms with E-state index in [-0.39, 0.29) is 24.5 Å². The number of hydrogen-bond donors (Lipinski definition) is 1. The molecule has 1 N–H and O–H groups in total. The normalized spacial score (nSPS) is 21.7. The fourth-order valence-corrected chi connectivity index (χ4v) is 4.49. The van der Waals surface area contributed by atoms with Gasteiger partial charge in [-0.3, -0.25) is 14.6 Å². The van der Waals surface area contributed by atoms with Crippen LogP contribution in [0.1, 0.15) is 22.0 Å². The van der Waals surface area contributed by atoms with Crippen LogP contribution in [0.25, 0.3) is 10.9 Å². The molecule has 0 spiro atoms. The lowest BCUT2D eigenvalue weighted by atomic mass is 10.0. The van der Waals surface area contributed by atoms with Crippen molar-refractivity contribution < 1.29 is 19.1 Å². The van der Waals surface area contributed by atoms with Crippen LogP contribution in [0, 0.1) is 11.3 Å². The molecule has 0 saturated carbocycles. The quantitative estimate of drug-likeness (QED) is 0.811. The van der Waals surface area contributed by atoms with Gasteiger partial charge in [-0.25, -0.2) is 0 Å². The van der Waals surface area contributed by atoms with E-state index in [1.165, 1.54) is 16.7 Å². The molecule has 2 aliphatic heterocycles. The Bertz CT molecular complexity index is 971. The third kappa shape index (κ3) is 4.19. The fraction of sp³-hybridized carbons (Fsp3) is 0.400. The van der Waals surface area contributed by atoms with Crippen LogP contribution in [-0.2, 0) is 14.3 Å². The van der Waals surface area contributed by atoms with Crippen molar-refractivity contribution in [3.8, 4) is 6.07 Å². The predicted molar refractivity (Wildman–Crippen MR) is 107 cm³/mol. The van der Waals surface area contributed by atoms with Gasteiger partial charge in [0, 0.05) is 17.3 Å². The van der Waals surface area contributed by atoms with Crippen LogP contribution < -0.4 is 5.32 Å². The smallest absolute Gasteiger partial charge is 0.252 e. The van der Waals surface area contributed by atoms with Gasteiger partial charge in [0.1, 0.15) is 12.1 Å². The SMILES string of the molecule is N#C[C@@H]1CSCN1C(=O)CNC(=O)c1ccnc2ccc([C@@H]3COCCO3)cc12. The van der Waals surface area contributed by atoms with Crippen LogP contribution in [0.3, 0.4) is 0 Å². The van der Waals surface area contributed by atoms with E-state index in [2.05, 4.69) is 16.4 Å². The first kappa shape index (κ1) is 19.6. The number of pyridine rings is 1. The van der Waals surface area contributed by atoms with Crippen molar-refractivity contribution in [2.45, 2.75) is 12.1 Å². The van der Waals surface area contributed by atoms with E-state index < -0.39 is 6.04 Å². The summed E-state index contributed by atoms with van der Waals surface area (Å²) in [5.74, 6) is 0.449. The molecule has 1 aromatic carbocycles. The maximum atomic E-state index is 12.8. The lowest BCUT2D eigenvalue weighted by Crippen LogP contribution is -2.42. The van der Waals surface area contributed by atoms with Gasteiger partial charge in [-0.15, -0.1) is 11.8 Å². The summed E-state index contributed by atoms with van der Waals surface area (Å²) in [5.41, 5.74) is 2.04. The summed E-state index contributed by atoms with van der Waals surface area (Å²) in [5, 5.41) is 12.5. The van der Waals surface area contributed by atoms with Gasteiger partial charge in [0.2, 0.25) is 5.91 Å². The molecule has 0 bridgehead atoms. The summed E-state index contributed by atoms with van der Waals surface area (Å²) < 4.78 is 11.2. The topological polar surface area (TPSA) is 105 Å². The van der Waals surface area contributed by atoms with Gasteiger partial charge in [0.15, 0.2) is 0 Å². The van der Waals surface area contributed by atoms with Gasteiger partial charge in [-0.1, -0.05) is 6.07 Å². The molecular formula is C20H20N4O4S. The Morgan fingerprint density at radius 2 is 2.24 bits per heavy atom. The molecule has 8 nitrogen and oxygen atoms in total. The highest BCUT2D eigenvalue weighted by atomic mass is 32.2. The zero-order valence-electron chi connectivity index (χ0n) is 15.7. The number of carbonyl (C=O) groups is 2. The number of nitriles is 1. The number of thioether (sulfide) groups is 1. The van der Waals surface area contributed by atoms with E-state index in [0.717, 1.165) is 5.56 Å². The van der Waals surface area contributed by atoms with Gasteiger partial charge in [0.05, 0.1) is 49.4 Å². The summed E-state index contributed by atoms with van der Waals surface area (Å²) in [6.07, 6.45) is 1.39. The number of ether oxygens (including phenoxy) is 2. The number of amides is 2. The molecule has 2 saturated heterocycles. The molecule has 9 heteroatoms. The first-order valence-corrected chi connectivity index (χ1v) is 10.5. The van der Waals surface area contributed by atoms with E-state index >= 15 is 0 Å². The van der Waals surface area contributed by atoms with Crippen molar-refractivity contribution in [1.29, 1.82) is 5.26 Å². The highest BCUT2D eigenvalue weighted by Crippen LogP contribution is 2.26. The van der Waals surface area contributed by atoms with E-state index in [4.69, 9.17) is 14.7 Å². The van der Waals surface area contributed by atoms with E-state index in [1.807, 2.05) is 18.2 Å². The maximum Gasteiger partial charge on any atom is 0.252 e. The number of nitrogens with one attached hydrogen (secondary N) is 1. The molecule has 2 aliphatic rings. The van der Waals surface area contributed by atoms with Crippen LogP contribution in [0.15, 0.2) is 30.5 Å². The van der Waals surface area contributed by atoms with Crippen LogP contribution in [-0.4, -0.2) is 65.7 Å². The number of aromatic nitrogens is 1. The highest BCUT2D eigenvalue weighted by molar-refractivity contribution is 7.99. The van der Waals surface area contributed by atoms with Crippen molar-refractivity contribution >= 4 is 34.5 Å². The van der Waals surface area contributed by atoms with Gasteiger partial charge in [-0.2, -0.15) is 5.26 Å². The third-order valence-electron chi connectivity index (χ3n) is 4.95. The van der Waals surface area contributed by atoms with Crippen LogP contribution in [0.5, 0.6) is 0 Å². The zero-order valence-corrected chi connectivity index (χ0v) is 16.5. The molecule has 4 rings (SSSR count). The minimum Gasteiger partial charge on any atom is -0.376 e. The van der Waals surface area contributed by atoms with Gasteiger partial charge in [0.25, 0.3) is 5.91 Å². The van der Waals surface area contributed by atoms with Crippen molar-refractivity contribution in [2.75, 3.05) is 38.0 Å². The Hall–Kier alpha value is -2.67. The monoisotopic (exact) mass is 412 g/mol. The molecule has 29 heavy (non-hydrogen) atoms. The second-order valence-corrected chi connectivity index (χ2v) is 7.76. The van der Waals surface area contributed by atoms with Crippen molar-refractivity contribution in [3.05, 3.63) is 41.6 Å². The molecular weight excluding hydrogens is 392 g/mol. The summed E-state index contributed by atoms with van der Waals surface area (Å²) in [7, 11) is 0. The van der Waals surface area contributed by atoms with Crippen LogP contribution >= 0.6 is 11.8 Å². The largest absolute Gasteiger partial charge is 0.376 e. The predicted octanol–water partition coefficient (Wildman–Crippen LogP) is 1.48. The molecule has 2 aromatic rings. The molecule has 150 valence electrons. The van der Waals surface area contributed by atoms with Gasteiger partial charge >= 0.3 is 0 Å². The number of fused-ring (bicyclic) bond motifs is 1. The van der Waals surface area contributed by atoms with Crippen LogP contribution in [0.4, 0.5) is 0 Å². The van der Waals surface area contributed by atoms with Crippen molar-refractivity contribution in [2.24, 2.45) is 0 Å². The van der Waals surface area contributed by atoms with Crippen molar-refractivity contribution in [3.63, 3.8) is 0 Å². The second kappa shape index (κ2) is 8.78. The van der Waals surface area contributed by atoms with Gasteiger partial charge in [-0.05, 0) is 23.8 Å². The first-order valence-electron chi connectivity index (χ1n) is 9.30. The summed E-state index contributed by atoms with van der Waals surface area (Å²) in [6.45, 7) is 1.43. The lowest BCUT2D eigenvalue weighted by molar-refractivity contribution is -0.129. The molecule has 3 heterocycles. The molecule has 0 aliphatic carbocycles. The minimum absolute atomic E-state index is 0.152. The fourth-order valence-electron chi connectivity index (χ4n) is 3.39. The Kier molecular flexibility index (Phi) is 5.94. The number of carbonyl (C=O) groups excluding carboxylic acids is 2. The van der Waals surface area contributed by atoms with Crippen LogP contribution in [0.2, 0.25) is 0 Å². The molecule has 0 unspecified atom stereocenters. The van der Waals surface area contributed by atoms with E-state index in [0.29, 0.717) is 47.9 Å². The van der Waals surface area contributed by atoms with Crippen molar-refractivity contribution in [1.82, 2.24) is 15.2 Å². The standard InChI is InChI=1S/C20H20N4O4S/c21-8-14-11-29-12-24(14)19(25)9-23-20(26)15-3-4-22-17-2-1-13(7-16(15)17)18-10-27-5-6-28-18/h1-4,7,14,18H,5-6,9-12H2,(H,23,26)/t14-,18+/m1/s1. The molecule has 1 aromatic heterocycles. The summed E-state index contributed by atoms with van der Waals surface area (Å²) in [6, 6.07) is 8.98. The zero-order chi connectivity index (χ0) is 20.2. The minimum atomic E-state index is -0.438. The molecule has 2 atom stereocenters. The Balaban J connectivity index is 1.51.